The van der Waals surface area contributed by atoms with E-state index in [1.807, 2.05) is 12.1 Å². The van der Waals surface area contributed by atoms with Crippen LogP contribution in [0, 0.1) is 0 Å². The highest BCUT2D eigenvalue weighted by atomic mass is 16.7. The summed E-state index contributed by atoms with van der Waals surface area (Å²) in [5.74, 6) is 3.01. The van der Waals surface area contributed by atoms with Crippen molar-refractivity contribution in [3.05, 3.63) is 41.7 Å². The molecule has 0 saturated carbocycles. The summed E-state index contributed by atoms with van der Waals surface area (Å²) < 4.78 is 28.3. The van der Waals surface area contributed by atoms with Crippen LogP contribution in [-0.4, -0.2) is 23.7 Å². The SMILES string of the molecule is O[C@@H]1c2ccc3c(c2Oc2c4c(cc5ccnc1c25)OCO4)OCO3. The normalized spacial score (nSPS) is 18.7. The van der Waals surface area contributed by atoms with Gasteiger partial charge in [-0.3, -0.25) is 4.98 Å². The Labute approximate surface area is 141 Å². The molecule has 0 fully saturated rings. The van der Waals surface area contributed by atoms with Gasteiger partial charge in [0, 0.05) is 11.8 Å². The van der Waals surface area contributed by atoms with Crippen molar-refractivity contribution in [2.45, 2.75) is 6.10 Å². The van der Waals surface area contributed by atoms with E-state index in [-0.39, 0.29) is 13.6 Å². The van der Waals surface area contributed by atoms with Crippen LogP contribution in [0.25, 0.3) is 10.8 Å². The van der Waals surface area contributed by atoms with Crippen molar-refractivity contribution in [3.8, 4) is 34.5 Å². The molecule has 0 spiro atoms. The lowest BCUT2D eigenvalue weighted by atomic mass is 10.00. The number of nitrogens with zero attached hydrogens (tertiary/aromatic N) is 1. The first-order valence-corrected chi connectivity index (χ1v) is 7.81. The monoisotopic (exact) mass is 337 g/mol. The zero-order valence-corrected chi connectivity index (χ0v) is 12.8. The molecule has 0 radical (unpaired) electrons. The van der Waals surface area contributed by atoms with Crippen LogP contribution in [0.4, 0.5) is 0 Å². The van der Waals surface area contributed by atoms with Crippen molar-refractivity contribution >= 4 is 10.8 Å². The standard InChI is InChI=1S/C18H11NO6/c20-14-9-1-2-10-16(23-6-21-10)15(9)25-18-12-8(3-4-19-13(12)14)5-11-17(18)24-7-22-11/h1-5,14,20H,6-7H2/t14-/m1/s1. The van der Waals surface area contributed by atoms with Gasteiger partial charge in [-0.25, -0.2) is 0 Å². The number of hydrogen-bond acceptors (Lipinski definition) is 7. The Morgan fingerprint density at radius 2 is 1.68 bits per heavy atom. The minimum Gasteiger partial charge on any atom is -0.453 e. The molecule has 3 aliphatic rings. The Kier molecular flexibility index (Phi) is 2.34. The van der Waals surface area contributed by atoms with Crippen LogP contribution < -0.4 is 23.7 Å². The first-order chi connectivity index (χ1) is 12.3. The van der Waals surface area contributed by atoms with Crippen LogP contribution in [0.5, 0.6) is 34.5 Å². The molecule has 2 aromatic carbocycles. The number of aliphatic hydroxyl groups excluding tert-OH is 1. The molecule has 1 atom stereocenters. The smallest absolute Gasteiger partial charge is 0.231 e. The minimum absolute atomic E-state index is 0.109. The third kappa shape index (κ3) is 1.60. The van der Waals surface area contributed by atoms with Gasteiger partial charge in [0.2, 0.25) is 25.1 Å². The number of aliphatic hydroxyl groups is 1. The van der Waals surface area contributed by atoms with Gasteiger partial charge >= 0.3 is 0 Å². The van der Waals surface area contributed by atoms with Gasteiger partial charge in [-0.15, -0.1) is 0 Å². The van der Waals surface area contributed by atoms with Crippen LogP contribution in [0.1, 0.15) is 17.4 Å². The lowest BCUT2D eigenvalue weighted by molar-refractivity contribution is 0.169. The maximum atomic E-state index is 11.0. The Hall–Kier alpha value is -3.19. The predicted molar refractivity (Wildman–Crippen MR) is 84.6 cm³/mol. The van der Waals surface area contributed by atoms with Crippen molar-refractivity contribution in [2.24, 2.45) is 0 Å². The number of fused-ring (bicyclic) bond motifs is 5. The van der Waals surface area contributed by atoms with Crippen LogP contribution in [0.2, 0.25) is 0 Å². The van der Waals surface area contributed by atoms with E-state index in [1.54, 1.807) is 18.3 Å². The Morgan fingerprint density at radius 1 is 0.880 bits per heavy atom. The molecule has 124 valence electrons. The summed E-state index contributed by atoms with van der Waals surface area (Å²) >= 11 is 0. The van der Waals surface area contributed by atoms with E-state index in [0.29, 0.717) is 51.1 Å². The lowest BCUT2D eigenvalue weighted by Crippen LogP contribution is -2.02. The molecule has 3 aromatic rings. The van der Waals surface area contributed by atoms with Gasteiger partial charge in [0.25, 0.3) is 0 Å². The van der Waals surface area contributed by atoms with E-state index in [4.69, 9.17) is 23.7 Å². The molecule has 7 nitrogen and oxygen atoms in total. The third-order valence-corrected chi connectivity index (χ3v) is 4.66. The fourth-order valence-corrected chi connectivity index (χ4v) is 3.53. The van der Waals surface area contributed by atoms with Gasteiger partial charge in [0.05, 0.1) is 11.1 Å². The molecule has 7 heteroatoms. The molecular weight excluding hydrogens is 326 g/mol. The summed E-state index contributed by atoms with van der Waals surface area (Å²) in [5.41, 5.74) is 1.07. The molecular formula is C18H11NO6. The predicted octanol–water partition coefficient (Wildman–Crippen LogP) is 2.88. The molecule has 25 heavy (non-hydrogen) atoms. The quantitative estimate of drug-likeness (QED) is 0.675. The summed E-state index contributed by atoms with van der Waals surface area (Å²) in [7, 11) is 0. The van der Waals surface area contributed by atoms with Crippen molar-refractivity contribution in [3.63, 3.8) is 0 Å². The Morgan fingerprint density at radius 3 is 2.56 bits per heavy atom. The van der Waals surface area contributed by atoms with Gasteiger partial charge in [-0.2, -0.15) is 0 Å². The number of rotatable bonds is 0. The number of hydrogen-bond donors (Lipinski definition) is 1. The maximum Gasteiger partial charge on any atom is 0.231 e. The summed E-state index contributed by atoms with van der Waals surface area (Å²) in [5, 5.41) is 12.5. The summed E-state index contributed by atoms with van der Waals surface area (Å²) in [4.78, 5) is 4.40. The fourth-order valence-electron chi connectivity index (χ4n) is 3.53. The van der Waals surface area contributed by atoms with Crippen LogP contribution in [-0.2, 0) is 0 Å². The Bertz CT molecular complexity index is 1060. The molecule has 0 bridgehead atoms. The molecule has 1 aromatic heterocycles. The number of ether oxygens (including phenoxy) is 5. The third-order valence-electron chi connectivity index (χ3n) is 4.66. The van der Waals surface area contributed by atoms with E-state index in [9.17, 15) is 5.11 Å². The van der Waals surface area contributed by atoms with Crippen LogP contribution >= 0.6 is 0 Å². The zero-order valence-electron chi connectivity index (χ0n) is 12.8. The molecule has 0 aliphatic carbocycles. The molecule has 0 saturated heterocycles. The van der Waals surface area contributed by atoms with Crippen molar-refractivity contribution < 1.29 is 28.8 Å². The molecule has 4 heterocycles. The van der Waals surface area contributed by atoms with Gasteiger partial charge in [0.1, 0.15) is 6.10 Å². The lowest BCUT2D eigenvalue weighted by Gasteiger charge is -2.13. The summed E-state index contributed by atoms with van der Waals surface area (Å²) in [6.45, 7) is 0.227. The van der Waals surface area contributed by atoms with E-state index in [2.05, 4.69) is 4.98 Å². The van der Waals surface area contributed by atoms with Gasteiger partial charge < -0.3 is 28.8 Å². The molecule has 0 amide bonds. The van der Waals surface area contributed by atoms with E-state index >= 15 is 0 Å². The van der Waals surface area contributed by atoms with Crippen LogP contribution in [0.15, 0.2) is 30.5 Å². The van der Waals surface area contributed by atoms with E-state index in [1.165, 1.54) is 0 Å². The number of pyridine rings is 1. The first kappa shape index (κ1) is 13.1. The van der Waals surface area contributed by atoms with Gasteiger partial charge in [-0.05, 0) is 29.7 Å². The average Bonchev–Trinajstić information content (AvgIpc) is 3.27. The highest BCUT2D eigenvalue weighted by molar-refractivity contribution is 5.96. The summed E-state index contributed by atoms with van der Waals surface area (Å²) in [6, 6.07) is 7.23. The number of benzene rings is 2. The van der Waals surface area contributed by atoms with E-state index < -0.39 is 6.10 Å². The van der Waals surface area contributed by atoms with Gasteiger partial charge in [0.15, 0.2) is 23.0 Å². The molecule has 6 rings (SSSR count). The summed E-state index contributed by atoms with van der Waals surface area (Å²) in [6.07, 6.45) is 0.694. The van der Waals surface area contributed by atoms with E-state index in [0.717, 1.165) is 5.39 Å². The number of aromatic nitrogens is 1. The molecule has 3 aliphatic heterocycles. The highest BCUT2D eigenvalue weighted by Crippen LogP contribution is 2.56. The van der Waals surface area contributed by atoms with Crippen LogP contribution in [0.3, 0.4) is 0 Å². The van der Waals surface area contributed by atoms with Crippen molar-refractivity contribution in [2.75, 3.05) is 13.6 Å². The Balaban J connectivity index is 1.74. The second-order valence-corrected chi connectivity index (χ2v) is 5.96. The van der Waals surface area contributed by atoms with Gasteiger partial charge in [-0.1, -0.05) is 0 Å². The fraction of sp³-hybridized carbons (Fsp3) is 0.167. The average molecular weight is 337 g/mol. The zero-order chi connectivity index (χ0) is 16.5. The first-order valence-electron chi connectivity index (χ1n) is 7.81. The molecule has 0 unspecified atom stereocenters. The second-order valence-electron chi connectivity index (χ2n) is 5.96. The van der Waals surface area contributed by atoms with Crippen molar-refractivity contribution in [1.82, 2.24) is 4.98 Å². The maximum absolute atomic E-state index is 11.0. The topological polar surface area (TPSA) is 79.3 Å². The minimum atomic E-state index is -0.963. The van der Waals surface area contributed by atoms with Crippen molar-refractivity contribution in [1.29, 1.82) is 0 Å². The highest BCUT2D eigenvalue weighted by Gasteiger charge is 2.35. The molecule has 1 N–H and O–H groups in total. The largest absolute Gasteiger partial charge is 0.453 e. The second kappa shape index (κ2) is 4.46.